The largest absolute Gasteiger partial charge is 0.495 e. The van der Waals surface area contributed by atoms with Crippen LogP contribution in [0.2, 0.25) is 0 Å². The SMILES string of the molecule is COc1ccccc1Nc1cc(C)nc(Nc2ccc(C#N)cc2)n1. The molecular formula is C19H17N5O. The molecule has 25 heavy (non-hydrogen) atoms. The van der Waals surface area contributed by atoms with Crippen molar-refractivity contribution in [3.05, 3.63) is 65.9 Å². The second-order valence-corrected chi connectivity index (χ2v) is 5.36. The number of anilines is 4. The van der Waals surface area contributed by atoms with Gasteiger partial charge in [-0.1, -0.05) is 12.1 Å². The monoisotopic (exact) mass is 331 g/mol. The number of nitriles is 1. The fraction of sp³-hybridized carbons (Fsp3) is 0.105. The van der Waals surface area contributed by atoms with E-state index >= 15 is 0 Å². The number of nitrogens with zero attached hydrogens (tertiary/aromatic N) is 3. The lowest BCUT2D eigenvalue weighted by Crippen LogP contribution is -2.03. The predicted octanol–water partition coefficient (Wildman–Crippen LogP) is 4.15. The molecule has 6 heteroatoms. The minimum atomic E-state index is 0.474. The molecule has 0 aliphatic heterocycles. The second-order valence-electron chi connectivity index (χ2n) is 5.36. The van der Waals surface area contributed by atoms with Gasteiger partial charge < -0.3 is 15.4 Å². The number of hydrogen-bond donors (Lipinski definition) is 2. The molecule has 0 saturated carbocycles. The van der Waals surface area contributed by atoms with Gasteiger partial charge in [0.15, 0.2) is 0 Å². The molecule has 0 amide bonds. The van der Waals surface area contributed by atoms with Gasteiger partial charge in [-0.25, -0.2) is 4.98 Å². The lowest BCUT2D eigenvalue weighted by atomic mass is 10.2. The van der Waals surface area contributed by atoms with Crippen molar-refractivity contribution in [1.29, 1.82) is 5.26 Å². The molecule has 0 saturated heterocycles. The number of methoxy groups -OCH3 is 1. The van der Waals surface area contributed by atoms with Gasteiger partial charge in [0.05, 0.1) is 24.4 Å². The number of aromatic nitrogens is 2. The summed E-state index contributed by atoms with van der Waals surface area (Å²) >= 11 is 0. The molecule has 0 radical (unpaired) electrons. The van der Waals surface area contributed by atoms with E-state index in [0.29, 0.717) is 17.3 Å². The summed E-state index contributed by atoms with van der Waals surface area (Å²) in [6.07, 6.45) is 0. The molecule has 3 aromatic rings. The van der Waals surface area contributed by atoms with Crippen LogP contribution in [0.4, 0.5) is 23.1 Å². The fourth-order valence-corrected chi connectivity index (χ4v) is 2.33. The van der Waals surface area contributed by atoms with E-state index in [1.165, 1.54) is 0 Å². The van der Waals surface area contributed by atoms with Gasteiger partial charge in [0.2, 0.25) is 5.95 Å². The van der Waals surface area contributed by atoms with Crippen LogP contribution in [0, 0.1) is 18.3 Å². The van der Waals surface area contributed by atoms with Crippen molar-refractivity contribution in [3.8, 4) is 11.8 Å². The molecule has 0 fully saturated rings. The Kier molecular flexibility index (Phi) is 4.77. The molecule has 2 N–H and O–H groups in total. The van der Waals surface area contributed by atoms with Crippen molar-refractivity contribution < 1.29 is 4.74 Å². The molecule has 0 spiro atoms. The summed E-state index contributed by atoms with van der Waals surface area (Å²) in [4.78, 5) is 8.89. The average molecular weight is 331 g/mol. The number of benzene rings is 2. The molecule has 0 unspecified atom stereocenters. The Balaban J connectivity index is 1.83. The summed E-state index contributed by atoms with van der Waals surface area (Å²) in [5.74, 6) is 1.87. The van der Waals surface area contributed by atoms with Gasteiger partial charge in [0.25, 0.3) is 0 Å². The maximum absolute atomic E-state index is 8.86. The first-order chi connectivity index (χ1) is 12.2. The third-order valence-corrected chi connectivity index (χ3v) is 3.49. The van der Waals surface area contributed by atoms with Crippen LogP contribution in [0.25, 0.3) is 0 Å². The molecule has 0 aliphatic carbocycles. The van der Waals surface area contributed by atoms with Gasteiger partial charge in [-0.05, 0) is 43.3 Å². The van der Waals surface area contributed by atoms with E-state index in [0.717, 1.165) is 22.8 Å². The molecule has 0 aliphatic rings. The van der Waals surface area contributed by atoms with Gasteiger partial charge >= 0.3 is 0 Å². The highest BCUT2D eigenvalue weighted by molar-refractivity contribution is 5.65. The van der Waals surface area contributed by atoms with Crippen molar-refractivity contribution in [2.75, 3.05) is 17.7 Å². The minimum absolute atomic E-state index is 0.474. The van der Waals surface area contributed by atoms with Crippen LogP contribution in [-0.2, 0) is 0 Å². The van der Waals surface area contributed by atoms with Crippen LogP contribution in [0.5, 0.6) is 5.75 Å². The lowest BCUT2D eigenvalue weighted by Gasteiger charge is -2.12. The Bertz CT molecular complexity index is 916. The van der Waals surface area contributed by atoms with Crippen LogP contribution in [0.1, 0.15) is 11.3 Å². The zero-order chi connectivity index (χ0) is 17.6. The number of hydrogen-bond acceptors (Lipinski definition) is 6. The zero-order valence-electron chi connectivity index (χ0n) is 13.9. The van der Waals surface area contributed by atoms with Gasteiger partial charge in [0, 0.05) is 17.4 Å². The molecule has 124 valence electrons. The normalized spacial score (nSPS) is 9.96. The van der Waals surface area contributed by atoms with E-state index in [2.05, 4.69) is 26.7 Å². The lowest BCUT2D eigenvalue weighted by molar-refractivity contribution is 0.417. The first-order valence-corrected chi connectivity index (χ1v) is 7.71. The molecule has 3 rings (SSSR count). The van der Waals surface area contributed by atoms with E-state index in [-0.39, 0.29) is 0 Å². The minimum Gasteiger partial charge on any atom is -0.495 e. The van der Waals surface area contributed by atoms with Crippen LogP contribution >= 0.6 is 0 Å². The Morgan fingerprint density at radius 2 is 1.76 bits per heavy atom. The highest BCUT2D eigenvalue weighted by atomic mass is 16.5. The summed E-state index contributed by atoms with van der Waals surface area (Å²) in [7, 11) is 1.63. The zero-order valence-corrected chi connectivity index (χ0v) is 13.9. The van der Waals surface area contributed by atoms with Crippen molar-refractivity contribution in [1.82, 2.24) is 9.97 Å². The third kappa shape index (κ3) is 4.03. The Hall–Kier alpha value is -3.59. The van der Waals surface area contributed by atoms with Crippen LogP contribution < -0.4 is 15.4 Å². The second kappa shape index (κ2) is 7.32. The third-order valence-electron chi connectivity index (χ3n) is 3.49. The van der Waals surface area contributed by atoms with Gasteiger partial charge in [-0.3, -0.25) is 0 Å². The van der Waals surface area contributed by atoms with E-state index in [1.54, 1.807) is 19.2 Å². The van der Waals surface area contributed by atoms with E-state index in [4.69, 9.17) is 10.00 Å². The van der Waals surface area contributed by atoms with Crippen molar-refractivity contribution >= 4 is 23.1 Å². The summed E-state index contributed by atoms with van der Waals surface area (Å²) < 4.78 is 5.35. The Labute approximate surface area is 146 Å². The molecule has 6 nitrogen and oxygen atoms in total. The highest BCUT2D eigenvalue weighted by Gasteiger charge is 2.06. The van der Waals surface area contributed by atoms with Crippen molar-refractivity contribution in [3.63, 3.8) is 0 Å². The first kappa shape index (κ1) is 16.3. The number of para-hydroxylation sites is 2. The number of aryl methyl sites for hydroxylation is 1. The fourth-order valence-electron chi connectivity index (χ4n) is 2.33. The van der Waals surface area contributed by atoms with Crippen LogP contribution in [-0.4, -0.2) is 17.1 Å². The molecule has 0 bridgehead atoms. The smallest absolute Gasteiger partial charge is 0.229 e. The first-order valence-electron chi connectivity index (χ1n) is 7.71. The summed E-state index contributed by atoms with van der Waals surface area (Å²) in [5, 5.41) is 15.3. The number of nitrogens with one attached hydrogen (secondary N) is 2. The maximum atomic E-state index is 8.86. The summed E-state index contributed by atoms with van der Waals surface area (Å²) in [6.45, 7) is 1.90. The molecule has 1 heterocycles. The van der Waals surface area contributed by atoms with E-state index < -0.39 is 0 Å². The molecule has 1 aromatic heterocycles. The van der Waals surface area contributed by atoms with E-state index in [9.17, 15) is 0 Å². The van der Waals surface area contributed by atoms with Gasteiger partial charge in [0.1, 0.15) is 11.6 Å². The quantitative estimate of drug-likeness (QED) is 0.730. The summed E-state index contributed by atoms with van der Waals surface area (Å²) in [6, 6.07) is 18.7. The van der Waals surface area contributed by atoms with Crippen molar-refractivity contribution in [2.24, 2.45) is 0 Å². The number of rotatable bonds is 5. The highest BCUT2D eigenvalue weighted by Crippen LogP contribution is 2.27. The molecular weight excluding hydrogens is 314 g/mol. The summed E-state index contributed by atoms with van der Waals surface area (Å²) in [5.41, 5.74) is 3.07. The average Bonchev–Trinajstić information content (AvgIpc) is 2.62. The number of ether oxygens (including phenoxy) is 1. The Morgan fingerprint density at radius 1 is 1.00 bits per heavy atom. The predicted molar refractivity (Wildman–Crippen MR) is 97.5 cm³/mol. The molecule has 2 aromatic carbocycles. The van der Waals surface area contributed by atoms with Gasteiger partial charge in [-0.15, -0.1) is 0 Å². The van der Waals surface area contributed by atoms with Crippen molar-refractivity contribution in [2.45, 2.75) is 6.92 Å². The maximum Gasteiger partial charge on any atom is 0.229 e. The van der Waals surface area contributed by atoms with Crippen LogP contribution in [0.15, 0.2) is 54.6 Å². The topological polar surface area (TPSA) is 82.9 Å². The Morgan fingerprint density at radius 3 is 2.48 bits per heavy atom. The van der Waals surface area contributed by atoms with E-state index in [1.807, 2.05) is 49.4 Å². The molecule has 0 atom stereocenters. The van der Waals surface area contributed by atoms with Gasteiger partial charge in [-0.2, -0.15) is 10.2 Å². The standard InChI is InChI=1S/C19H17N5O/c1-13-11-18(23-16-5-3-4-6-17(16)25-2)24-19(21-13)22-15-9-7-14(12-20)8-10-15/h3-11H,1-2H3,(H2,21,22,23,24). The van der Waals surface area contributed by atoms with Crippen LogP contribution in [0.3, 0.4) is 0 Å².